The summed E-state index contributed by atoms with van der Waals surface area (Å²) in [7, 11) is 0. The van der Waals surface area contributed by atoms with Crippen LogP contribution >= 0.6 is 12.2 Å². The average Bonchev–Trinajstić information content (AvgIpc) is 1.90. The van der Waals surface area contributed by atoms with Gasteiger partial charge in [-0.2, -0.15) is 4.57 Å². The minimum Gasteiger partial charge on any atom is -0.277 e. The van der Waals surface area contributed by atoms with Crippen molar-refractivity contribution in [3.8, 4) is 0 Å². The number of nitrogens with zero attached hydrogens (tertiary/aromatic N) is 1. The minimum atomic E-state index is 0.371. The van der Waals surface area contributed by atoms with Gasteiger partial charge < -0.3 is 0 Å². The molecule has 0 bridgehead atoms. The summed E-state index contributed by atoms with van der Waals surface area (Å²) in [5.74, 6) is 0. The summed E-state index contributed by atoms with van der Waals surface area (Å²) >= 11 is 4.70. The van der Waals surface area contributed by atoms with Crippen molar-refractivity contribution in [3.05, 3.63) is 30.6 Å². The van der Waals surface area contributed by atoms with E-state index in [9.17, 15) is 0 Å². The van der Waals surface area contributed by atoms with Crippen LogP contribution in [0.15, 0.2) is 30.6 Å². The van der Waals surface area contributed by atoms with Gasteiger partial charge in [0.2, 0.25) is 0 Å². The molecule has 2 N–H and O–H groups in total. The predicted molar refractivity (Wildman–Crippen MR) is 38.8 cm³/mol. The van der Waals surface area contributed by atoms with Gasteiger partial charge in [0.15, 0.2) is 0 Å². The molecular weight excluding hydrogens is 132 g/mol. The van der Waals surface area contributed by atoms with Crippen molar-refractivity contribution in [1.82, 2.24) is 0 Å². The standard InChI is InChI=1S/C6H6N2S/c7-6(9)8-4-2-1-3-5-8/h1-5H,(H-,7,9)/p+1. The maximum atomic E-state index is 5.31. The molecule has 9 heavy (non-hydrogen) atoms. The topological polar surface area (TPSA) is 29.9 Å². The summed E-state index contributed by atoms with van der Waals surface area (Å²) in [6.45, 7) is 0. The van der Waals surface area contributed by atoms with Crippen LogP contribution < -0.4 is 10.3 Å². The van der Waals surface area contributed by atoms with Crippen LogP contribution in [0.2, 0.25) is 0 Å². The van der Waals surface area contributed by atoms with Gasteiger partial charge in [0.1, 0.15) is 0 Å². The van der Waals surface area contributed by atoms with Crippen molar-refractivity contribution in [2.45, 2.75) is 0 Å². The number of hydrogen-bond acceptors (Lipinski definition) is 1. The van der Waals surface area contributed by atoms with Crippen LogP contribution in [0.3, 0.4) is 0 Å². The number of pyridine rings is 1. The van der Waals surface area contributed by atoms with Crippen molar-refractivity contribution in [3.63, 3.8) is 0 Å². The molecule has 0 amide bonds. The molecule has 0 radical (unpaired) electrons. The van der Waals surface area contributed by atoms with Crippen LogP contribution in [0.25, 0.3) is 0 Å². The van der Waals surface area contributed by atoms with E-state index in [2.05, 4.69) is 0 Å². The zero-order chi connectivity index (χ0) is 6.69. The summed E-state index contributed by atoms with van der Waals surface area (Å²) in [6, 6.07) is 5.66. The number of rotatable bonds is 0. The molecule has 2 nitrogen and oxygen atoms in total. The van der Waals surface area contributed by atoms with Crippen LogP contribution in [0.1, 0.15) is 0 Å². The molecule has 0 atom stereocenters. The Balaban J connectivity index is 2.98. The molecule has 1 rings (SSSR count). The van der Waals surface area contributed by atoms with E-state index in [0.29, 0.717) is 5.11 Å². The molecule has 1 heterocycles. The Morgan fingerprint density at radius 1 is 1.22 bits per heavy atom. The number of nitrogens with two attached hydrogens (primary N) is 1. The summed E-state index contributed by atoms with van der Waals surface area (Å²) in [5.41, 5.74) is 5.31. The lowest BCUT2D eigenvalue weighted by atomic mass is 10.5. The zero-order valence-electron chi connectivity index (χ0n) is 4.82. The van der Waals surface area contributed by atoms with Gasteiger partial charge in [0, 0.05) is 12.2 Å². The Kier molecular flexibility index (Phi) is 1.75. The second-order valence-corrected chi connectivity index (χ2v) is 2.04. The monoisotopic (exact) mass is 139 g/mol. The van der Waals surface area contributed by atoms with Crippen molar-refractivity contribution in [2.24, 2.45) is 5.73 Å². The molecule has 0 aliphatic carbocycles. The number of thiocarbonyl (C=S) groups is 1. The van der Waals surface area contributed by atoms with Crippen molar-refractivity contribution in [1.29, 1.82) is 0 Å². The highest BCUT2D eigenvalue weighted by atomic mass is 32.1. The molecule has 0 saturated carbocycles. The molecule has 0 aromatic carbocycles. The van der Waals surface area contributed by atoms with Gasteiger partial charge in [0.25, 0.3) is 0 Å². The van der Waals surface area contributed by atoms with Gasteiger partial charge in [0.05, 0.1) is 12.4 Å². The molecule has 1 aromatic heterocycles. The molecule has 0 fully saturated rings. The summed E-state index contributed by atoms with van der Waals surface area (Å²) in [4.78, 5) is 0. The van der Waals surface area contributed by atoms with E-state index < -0.39 is 0 Å². The molecule has 0 aliphatic heterocycles. The fraction of sp³-hybridized carbons (Fsp3) is 0. The first-order valence-electron chi connectivity index (χ1n) is 2.57. The highest BCUT2D eigenvalue weighted by Gasteiger charge is 1.94. The number of aromatic nitrogens is 1. The Morgan fingerprint density at radius 3 is 2.11 bits per heavy atom. The van der Waals surface area contributed by atoms with Crippen LogP contribution in [-0.2, 0) is 0 Å². The molecule has 0 aliphatic rings. The third-order valence-corrected chi connectivity index (χ3v) is 1.18. The van der Waals surface area contributed by atoms with E-state index in [0.717, 1.165) is 0 Å². The highest BCUT2D eigenvalue weighted by Crippen LogP contribution is 1.74. The van der Waals surface area contributed by atoms with E-state index in [1.54, 1.807) is 4.57 Å². The summed E-state index contributed by atoms with van der Waals surface area (Å²) in [6.07, 6.45) is 3.62. The maximum Gasteiger partial charge on any atom is 0.346 e. The predicted octanol–water partition coefficient (Wildman–Crippen LogP) is 0.0658. The molecule has 0 unspecified atom stereocenters. The zero-order valence-corrected chi connectivity index (χ0v) is 5.64. The smallest absolute Gasteiger partial charge is 0.277 e. The maximum absolute atomic E-state index is 5.31. The normalized spacial score (nSPS) is 8.89. The van der Waals surface area contributed by atoms with E-state index in [1.807, 2.05) is 30.6 Å². The average molecular weight is 139 g/mol. The first-order valence-corrected chi connectivity index (χ1v) is 2.97. The molecule has 0 spiro atoms. The van der Waals surface area contributed by atoms with Gasteiger partial charge in [-0.3, -0.25) is 5.73 Å². The SMILES string of the molecule is NC(=S)[n+]1ccccc1. The second-order valence-electron chi connectivity index (χ2n) is 1.62. The lowest BCUT2D eigenvalue weighted by Crippen LogP contribution is -2.46. The molecule has 3 heteroatoms. The molecule has 1 aromatic rings. The van der Waals surface area contributed by atoms with Crippen LogP contribution in [0, 0.1) is 0 Å². The third-order valence-electron chi connectivity index (χ3n) is 0.970. The van der Waals surface area contributed by atoms with Gasteiger partial charge in [-0.25, -0.2) is 0 Å². The van der Waals surface area contributed by atoms with E-state index >= 15 is 0 Å². The van der Waals surface area contributed by atoms with Crippen LogP contribution in [-0.4, -0.2) is 5.11 Å². The molecule has 46 valence electrons. The first-order chi connectivity index (χ1) is 4.30. The van der Waals surface area contributed by atoms with Gasteiger partial charge in [-0.1, -0.05) is 6.07 Å². The Bertz CT molecular complexity index is 208. The molecular formula is C6H7N2S+. The fourth-order valence-corrected chi connectivity index (χ4v) is 0.667. The van der Waals surface area contributed by atoms with E-state index in [1.165, 1.54) is 0 Å². The van der Waals surface area contributed by atoms with Gasteiger partial charge >= 0.3 is 5.11 Å². The second kappa shape index (κ2) is 2.55. The van der Waals surface area contributed by atoms with Crippen molar-refractivity contribution >= 4 is 17.3 Å². The van der Waals surface area contributed by atoms with Gasteiger partial charge in [-0.05, 0) is 12.1 Å². The minimum absolute atomic E-state index is 0.371. The Morgan fingerprint density at radius 2 is 1.78 bits per heavy atom. The Labute approximate surface area is 58.9 Å². The van der Waals surface area contributed by atoms with E-state index in [-0.39, 0.29) is 0 Å². The lowest BCUT2D eigenvalue weighted by molar-refractivity contribution is -0.553. The van der Waals surface area contributed by atoms with Gasteiger partial charge in [-0.15, -0.1) is 0 Å². The van der Waals surface area contributed by atoms with Crippen molar-refractivity contribution in [2.75, 3.05) is 0 Å². The van der Waals surface area contributed by atoms with Crippen LogP contribution in [0.5, 0.6) is 0 Å². The number of hydrogen-bond donors (Lipinski definition) is 1. The lowest BCUT2D eigenvalue weighted by Gasteiger charge is -1.89. The molecule has 0 saturated heterocycles. The van der Waals surface area contributed by atoms with Crippen molar-refractivity contribution < 1.29 is 4.57 Å². The third kappa shape index (κ3) is 1.47. The van der Waals surface area contributed by atoms with Crippen LogP contribution in [0.4, 0.5) is 0 Å². The first kappa shape index (κ1) is 6.16. The highest BCUT2D eigenvalue weighted by molar-refractivity contribution is 7.79. The largest absolute Gasteiger partial charge is 0.346 e. The fourth-order valence-electron chi connectivity index (χ4n) is 0.546. The van der Waals surface area contributed by atoms with E-state index in [4.69, 9.17) is 18.0 Å². The quantitative estimate of drug-likeness (QED) is 0.407. The summed E-state index contributed by atoms with van der Waals surface area (Å²) < 4.78 is 1.68. The Hall–Kier alpha value is -0.960. The summed E-state index contributed by atoms with van der Waals surface area (Å²) in [5, 5.41) is 0.371.